The van der Waals surface area contributed by atoms with Crippen LogP contribution in [0.15, 0.2) is 28.8 Å². The summed E-state index contributed by atoms with van der Waals surface area (Å²) < 4.78 is 10.5. The second kappa shape index (κ2) is 6.30. The third-order valence-corrected chi connectivity index (χ3v) is 2.99. The van der Waals surface area contributed by atoms with Gasteiger partial charge in [-0.25, -0.2) is 0 Å². The summed E-state index contributed by atoms with van der Waals surface area (Å²) >= 11 is 0. The number of hydrogen-bond acceptors (Lipinski definition) is 5. The third kappa shape index (κ3) is 3.34. The predicted molar refractivity (Wildman–Crippen MR) is 79.1 cm³/mol. The molecule has 112 valence electrons. The molecule has 6 heteroatoms. The van der Waals surface area contributed by atoms with Crippen LogP contribution in [0.3, 0.4) is 0 Å². The maximum atomic E-state index is 12.5. The van der Waals surface area contributed by atoms with E-state index >= 15 is 0 Å². The minimum absolute atomic E-state index is 0.175. The lowest BCUT2D eigenvalue weighted by atomic mass is 10.1. The highest BCUT2D eigenvalue weighted by molar-refractivity contribution is 5.98. The molecule has 0 unspecified atom stereocenters. The first kappa shape index (κ1) is 14.9. The van der Waals surface area contributed by atoms with Gasteiger partial charge in [-0.1, -0.05) is 11.2 Å². The second-order valence-electron chi connectivity index (χ2n) is 4.75. The molecule has 2 aromatic rings. The van der Waals surface area contributed by atoms with Crippen molar-refractivity contribution in [3.8, 4) is 5.75 Å². The van der Waals surface area contributed by atoms with E-state index in [1.54, 1.807) is 36.2 Å². The molecule has 1 aromatic heterocycles. The Labute approximate surface area is 123 Å². The van der Waals surface area contributed by atoms with E-state index in [9.17, 15) is 4.79 Å². The molecule has 0 aliphatic heterocycles. The van der Waals surface area contributed by atoms with Crippen LogP contribution in [0.4, 0.5) is 5.69 Å². The Balaban J connectivity index is 2.21. The first-order valence-corrected chi connectivity index (χ1v) is 6.71. The number of aromatic nitrogens is 1. The van der Waals surface area contributed by atoms with Crippen molar-refractivity contribution in [2.45, 2.75) is 20.4 Å². The van der Waals surface area contributed by atoms with Gasteiger partial charge in [-0.15, -0.1) is 0 Å². The summed E-state index contributed by atoms with van der Waals surface area (Å²) in [6, 6.07) is 6.95. The molecule has 1 heterocycles. The highest BCUT2D eigenvalue weighted by atomic mass is 16.5. The lowest BCUT2D eigenvalue weighted by molar-refractivity contribution is 0.0778. The average Bonchev–Trinajstić information content (AvgIpc) is 2.85. The van der Waals surface area contributed by atoms with Gasteiger partial charge in [0, 0.05) is 13.1 Å². The van der Waals surface area contributed by atoms with Crippen molar-refractivity contribution < 1.29 is 14.1 Å². The van der Waals surface area contributed by atoms with Crippen molar-refractivity contribution in [2.24, 2.45) is 0 Å². The summed E-state index contributed by atoms with van der Waals surface area (Å²) in [4.78, 5) is 14.1. The number of aryl methyl sites for hydroxylation is 1. The van der Waals surface area contributed by atoms with E-state index in [2.05, 4.69) is 5.16 Å². The molecule has 21 heavy (non-hydrogen) atoms. The zero-order valence-electron chi connectivity index (χ0n) is 12.4. The van der Waals surface area contributed by atoms with Gasteiger partial charge in [-0.3, -0.25) is 4.79 Å². The molecular formula is C15H19N3O3. The number of carbonyl (C=O) groups excluding carboxylic acids is 1. The zero-order chi connectivity index (χ0) is 15.4. The SMILES string of the molecule is CCOc1c(N)cccc1C(=O)N(C)Cc1cc(C)on1. The summed E-state index contributed by atoms with van der Waals surface area (Å²) in [6.45, 7) is 4.46. The van der Waals surface area contributed by atoms with Crippen molar-refractivity contribution >= 4 is 11.6 Å². The minimum Gasteiger partial charge on any atom is -0.491 e. The van der Waals surface area contributed by atoms with Crippen LogP contribution < -0.4 is 10.5 Å². The lowest BCUT2D eigenvalue weighted by Crippen LogP contribution is -2.27. The van der Waals surface area contributed by atoms with Gasteiger partial charge in [-0.05, 0) is 26.0 Å². The molecular weight excluding hydrogens is 270 g/mol. The molecule has 0 radical (unpaired) electrons. The third-order valence-electron chi connectivity index (χ3n) is 2.99. The van der Waals surface area contributed by atoms with Crippen LogP contribution >= 0.6 is 0 Å². The normalized spacial score (nSPS) is 10.4. The topological polar surface area (TPSA) is 81.6 Å². The second-order valence-corrected chi connectivity index (χ2v) is 4.75. The van der Waals surface area contributed by atoms with E-state index in [1.807, 2.05) is 13.8 Å². The Bertz CT molecular complexity index is 637. The van der Waals surface area contributed by atoms with E-state index in [-0.39, 0.29) is 5.91 Å². The molecule has 6 nitrogen and oxygen atoms in total. The number of carbonyl (C=O) groups is 1. The van der Waals surface area contributed by atoms with Crippen molar-refractivity contribution in [2.75, 3.05) is 19.4 Å². The Kier molecular flexibility index (Phi) is 4.47. The summed E-state index contributed by atoms with van der Waals surface area (Å²) in [5.41, 5.74) is 7.47. The fourth-order valence-corrected chi connectivity index (χ4v) is 2.04. The van der Waals surface area contributed by atoms with Gasteiger partial charge in [0.15, 0.2) is 5.75 Å². The summed E-state index contributed by atoms with van der Waals surface area (Å²) in [5.74, 6) is 0.962. The number of para-hydroxylation sites is 1. The van der Waals surface area contributed by atoms with Gasteiger partial charge in [0.1, 0.15) is 11.5 Å². The van der Waals surface area contributed by atoms with Gasteiger partial charge in [-0.2, -0.15) is 0 Å². The highest BCUT2D eigenvalue weighted by Gasteiger charge is 2.19. The molecule has 0 bridgehead atoms. The molecule has 0 aliphatic rings. The van der Waals surface area contributed by atoms with Crippen molar-refractivity contribution in [1.29, 1.82) is 0 Å². The number of benzene rings is 1. The first-order chi connectivity index (χ1) is 10.0. The van der Waals surface area contributed by atoms with E-state index in [4.69, 9.17) is 15.0 Å². The number of nitrogens with zero attached hydrogens (tertiary/aromatic N) is 2. The molecule has 0 aliphatic carbocycles. The standard InChI is InChI=1S/C15H19N3O3/c1-4-20-14-12(6-5-7-13(14)16)15(19)18(3)9-11-8-10(2)21-17-11/h5-8H,4,9,16H2,1-3H3. The van der Waals surface area contributed by atoms with Gasteiger partial charge >= 0.3 is 0 Å². The van der Waals surface area contributed by atoms with Gasteiger partial charge < -0.3 is 19.9 Å². The first-order valence-electron chi connectivity index (χ1n) is 6.71. The fourth-order valence-electron chi connectivity index (χ4n) is 2.04. The molecule has 1 amide bonds. The van der Waals surface area contributed by atoms with Gasteiger partial charge in [0.2, 0.25) is 0 Å². The van der Waals surface area contributed by atoms with Crippen LogP contribution in [0.2, 0.25) is 0 Å². The molecule has 1 aromatic carbocycles. The molecule has 0 spiro atoms. The monoisotopic (exact) mass is 289 g/mol. The van der Waals surface area contributed by atoms with Crippen molar-refractivity contribution in [1.82, 2.24) is 10.1 Å². The maximum Gasteiger partial charge on any atom is 0.257 e. The number of nitrogens with two attached hydrogens (primary N) is 1. The Morgan fingerprint density at radius 1 is 1.48 bits per heavy atom. The fraction of sp³-hybridized carbons (Fsp3) is 0.333. The average molecular weight is 289 g/mol. The maximum absolute atomic E-state index is 12.5. The van der Waals surface area contributed by atoms with E-state index in [1.165, 1.54) is 0 Å². The molecule has 0 saturated heterocycles. The highest BCUT2D eigenvalue weighted by Crippen LogP contribution is 2.27. The lowest BCUT2D eigenvalue weighted by Gasteiger charge is -2.18. The quantitative estimate of drug-likeness (QED) is 0.854. The molecule has 2 rings (SSSR count). The number of anilines is 1. The predicted octanol–water partition coefficient (Wildman–Crippen LogP) is 2.24. The largest absolute Gasteiger partial charge is 0.491 e. The minimum atomic E-state index is -0.175. The van der Waals surface area contributed by atoms with Crippen LogP contribution in [0.1, 0.15) is 28.7 Å². The van der Waals surface area contributed by atoms with Crippen LogP contribution in [0.5, 0.6) is 5.75 Å². The molecule has 0 atom stereocenters. The number of amides is 1. The Morgan fingerprint density at radius 3 is 2.86 bits per heavy atom. The van der Waals surface area contributed by atoms with Gasteiger partial charge in [0.05, 0.1) is 24.4 Å². The van der Waals surface area contributed by atoms with Crippen molar-refractivity contribution in [3.05, 3.63) is 41.3 Å². The van der Waals surface area contributed by atoms with Gasteiger partial charge in [0.25, 0.3) is 5.91 Å². The van der Waals surface area contributed by atoms with Crippen LogP contribution in [0, 0.1) is 6.92 Å². The smallest absolute Gasteiger partial charge is 0.257 e. The molecule has 0 fully saturated rings. The van der Waals surface area contributed by atoms with Crippen molar-refractivity contribution in [3.63, 3.8) is 0 Å². The van der Waals surface area contributed by atoms with Crippen LogP contribution in [0.25, 0.3) is 0 Å². The Morgan fingerprint density at radius 2 is 2.24 bits per heavy atom. The van der Waals surface area contributed by atoms with E-state index < -0.39 is 0 Å². The zero-order valence-corrected chi connectivity index (χ0v) is 12.4. The van der Waals surface area contributed by atoms with E-state index in [0.29, 0.717) is 41.6 Å². The number of nitrogen functional groups attached to an aromatic ring is 1. The number of ether oxygens (including phenoxy) is 1. The summed E-state index contributed by atoms with van der Waals surface area (Å²) in [5, 5.41) is 3.88. The van der Waals surface area contributed by atoms with Crippen LogP contribution in [-0.2, 0) is 6.54 Å². The molecule has 0 saturated carbocycles. The number of hydrogen-bond donors (Lipinski definition) is 1. The number of rotatable bonds is 5. The van der Waals surface area contributed by atoms with Crippen LogP contribution in [-0.4, -0.2) is 29.6 Å². The van der Waals surface area contributed by atoms with E-state index in [0.717, 1.165) is 0 Å². The summed E-state index contributed by atoms with van der Waals surface area (Å²) in [6.07, 6.45) is 0. The Hall–Kier alpha value is -2.50. The summed E-state index contributed by atoms with van der Waals surface area (Å²) in [7, 11) is 1.70. The molecule has 2 N–H and O–H groups in total.